The van der Waals surface area contributed by atoms with E-state index in [9.17, 15) is 4.79 Å². The Morgan fingerprint density at radius 3 is 2.76 bits per heavy atom. The molecule has 1 heterocycles. The monoisotopic (exact) mass is 240 g/mol. The number of ether oxygens (including phenoxy) is 1. The summed E-state index contributed by atoms with van der Waals surface area (Å²) >= 11 is 0. The molecule has 4 nitrogen and oxygen atoms in total. The fourth-order valence-corrected chi connectivity index (χ4v) is 2.93. The molecule has 1 atom stereocenters. The van der Waals surface area contributed by atoms with E-state index in [0.29, 0.717) is 19.2 Å². The number of nitrogens with two attached hydrogens (primary N) is 1. The minimum atomic E-state index is -0.228. The largest absolute Gasteiger partial charge is 0.367 e. The van der Waals surface area contributed by atoms with E-state index in [0.717, 1.165) is 19.4 Å². The van der Waals surface area contributed by atoms with Crippen LogP contribution >= 0.6 is 0 Å². The Bertz CT molecular complexity index is 252. The van der Waals surface area contributed by atoms with Crippen molar-refractivity contribution in [3.63, 3.8) is 0 Å². The maximum atomic E-state index is 12.3. The first-order chi connectivity index (χ1) is 8.33. The number of hydrogen-bond donors (Lipinski definition) is 1. The van der Waals surface area contributed by atoms with E-state index >= 15 is 0 Å². The van der Waals surface area contributed by atoms with Crippen LogP contribution in [0.1, 0.15) is 44.9 Å². The second kappa shape index (κ2) is 6.36. The second-order valence-corrected chi connectivity index (χ2v) is 5.11. The van der Waals surface area contributed by atoms with Crippen LogP contribution in [-0.4, -0.2) is 42.6 Å². The lowest BCUT2D eigenvalue weighted by atomic mass is 9.93. The smallest absolute Gasteiger partial charge is 0.252 e. The lowest BCUT2D eigenvalue weighted by Gasteiger charge is -2.39. The molecule has 2 N–H and O–H groups in total. The van der Waals surface area contributed by atoms with Crippen molar-refractivity contribution in [3.05, 3.63) is 0 Å². The highest BCUT2D eigenvalue weighted by molar-refractivity contribution is 5.81. The number of carbonyl (C=O) groups excluding carboxylic acids is 1. The fraction of sp³-hybridized carbons (Fsp3) is 0.923. The summed E-state index contributed by atoms with van der Waals surface area (Å²) in [6.07, 6.45) is 7.63. The van der Waals surface area contributed by atoms with E-state index in [-0.39, 0.29) is 12.0 Å². The highest BCUT2D eigenvalue weighted by Gasteiger charge is 2.33. The topological polar surface area (TPSA) is 55.6 Å². The SMILES string of the molecule is NCCCC1OCCN(C2CCCCC2)C1=O. The maximum absolute atomic E-state index is 12.3. The van der Waals surface area contributed by atoms with E-state index in [1.807, 2.05) is 0 Å². The third-order valence-electron chi connectivity index (χ3n) is 3.90. The molecule has 1 saturated heterocycles. The summed E-state index contributed by atoms with van der Waals surface area (Å²) in [4.78, 5) is 14.4. The van der Waals surface area contributed by atoms with Gasteiger partial charge >= 0.3 is 0 Å². The van der Waals surface area contributed by atoms with Gasteiger partial charge < -0.3 is 15.4 Å². The third-order valence-corrected chi connectivity index (χ3v) is 3.90. The van der Waals surface area contributed by atoms with Gasteiger partial charge in [0.15, 0.2) is 0 Å². The Hall–Kier alpha value is -0.610. The molecule has 4 heteroatoms. The highest BCUT2D eigenvalue weighted by atomic mass is 16.5. The van der Waals surface area contributed by atoms with Gasteiger partial charge in [-0.3, -0.25) is 4.79 Å². The average molecular weight is 240 g/mol. The van der Waals surface area contributed by atoms with Gasteiger partial charge in [-0.15, -0.1) is 0 Å². The summed E-state index contributed by atoms with van der Waals surface area (Å²) in [6, 6.07) is 0.473. The van der Waals surface area contributed by atoms with E-state index in [4.69, 9.17) is 10.5 Å². The van der Waals surface area contributed by atoms with E-state index in [2.05, 4.69) is 4.90 Å². The van der Waals surface area contributed by atoms with Gasteiger partial charge in [-0.1, -0.05) is 19.3 Å². The first-order valence-electron chi connectivity index (χ1n) is 6.95. The van der Waals surface area contributed by atoms with Crippen molar-refractivity contribution in [1.82, 2.24) is 4.90 Å². The Morgan fingerprint density at radius 2 is 2.06 bits per heavy atom. The van der Waals surface area contributed by atoms with Gasteiger partial charge in [0.1, 0.15) is 6.10 Å². The Kier molecular flexibility index (Phi) is 4.80. The van der Waals surface area contributed by atoms with E-state index in [1.165, 1.54) is 32.1 Å². The Morgan fingerprint density at radius 1 is 1.29 bits per heavy atom. The molecule has 0 aromatic heterocycles. The van der Waals surface area contributed by atoms with Crippen molar-refractivity contribution in [1.29, 1.82) is 0 Å². The molecule has 2 aliphatic rings. The molecule has 0 aromatic rings. The van der Waals surface area contributed by atoms with Crippen LogP contribution < -0.4 is 5.73 Å². The zero-order chi connectivity index (χ0) is 12.1. The lowest BCUT2D eigenvalue weighted by Crippen LogP contribution is -2.52. The van der Waals surface area contributed by atoms with Crippen LogP contribution in [0.15, 0.2) is 0 Å². The van der Waals surface area contributed by atoms with Crippen molar-refractivity contribution < 1.29 is 9.53 Å². The predicted molar refractivity (Wildman–Crippen MR) is 66.6 cm³/mol. The van der Waals surface area contributed by atoms with Gasteiger partial charge in [-0.2, -0.15) is 0 Å². The number of carbonyl (C=O) groups is 1. The zero-order valence-electron chi connectivity index (χ0n) is 10.6. The first-order valence-corrected chi connectivity index (χ1v) is 6.95. The standard InChI is InChI=1S/C13H24N2O2/c14-8-4-7-12-13(16)15(9-10-17-12)11-5-2-1-3-6-11/h11-12H,1-10,14H2. The molecule has 0 aromatic carbocycles. The number of rotatable bonds is 4. The van der Waals surface area contributed by atoms with Crippen LogP contribution in [0.3, 0.4) is 0 Å². The summed E-state index contributed by atoms with van der Waals surface area (Å²) in [6.45, 7) is 2.11. The fourth-order valence-electron chi connectivity index (χ4n) is 2.93. The average Bonchev–Trinajstić information content (AvgIpc) is 2.39. The molecule has 2 fully saturated rings. The van der Waals surface area contributed by atoms with Gasteiger partial charge in [0.25, 0.3) is 5.91 Å². The van der Waals surface area contributed by atoms with Crippen LogP contribution in [0, 0.1) is 0 Å². The van der Waals surface area contributed by atoms with Crippen LogP contribution in [-0.2, 0) is 9.53 Å². The van der Waals surface area contributed by atoms with Gasteiger partial charge in [-0.25, -0.2) is 0 Å². The maximum Gasteiger partial charge on any atom is 0.252 e. The van der Waals surface area contributed by atoms with Crippen molar-refractivity contribution in [2.24, 2.45) is 5.73 Å². The van der Waals surface area contributed by atoms with Crippen molar-refractivity contribution in [2.45, 2.75) is 57.1 Å². The molecule has 1 aliphatic heterocycles. The molecule has 2 rings (SSSR count). The molecular formula is C13H24N2O2. The van der Waals surface area contributed by atoms with Crippen LogP contribution in [0.4, 0.5) is 0 Å². The molecule has 1 unspecified atom stereocenters. The minimum absolute atomic E-state index is 0.205. The number of amides is 1. The van der Waals surface area contributed by atoms with Crippen molar-refractivity contribution in [2.75, 3.05) is 19.7 Å². The third kappa shape index (κ3) is 3.19. The number of hydrogen-bond acceptors (Lipinski definition) is 3. The molecule has 98 valence electrons. The first kappa shape index (κ1) is 12.8. The normalized spacial score (nSPS) is 27.5. The highest BCUT2D eigenvalue weighted by Crippen LogP contribution is 2.25. The summed E-state index contributed by atoms with van der Waals surface area (Å²) in [7, 11) is 0. The predicted octanol–water partition coefficient (Wildman–Crippen LogP) is 1.29. The number of nitrogens with zero attached hydrogens (tertiary/aromatic N) is 1. The minimum Gasteiger partial charge on any atom is -0.367 e. The van der Waals surface area contributed by atoms with Gasteiger partial charge in [0, 0.05) is 12.6 Å². The molecule has 0 bridgehead atoms. The molecular weight excluding hydrogens is 216 g/mol. The quantitative estimate of drug-likeness (QED) is 0.805. The van der Waals surface area contributed by atoms with Crippen LogP contribution in [0.2, 0.25) is 0 Å². The second-order valence-electron chi connectivity index (χ2n) is 5.11. The molecule has 1 amide bonds. The van der Waals surface area contributed by atoms with Crippen molar-refractivity contribution >= 4 is 5.91 Å². The Labute approximate surface area is 103 Å². The van der Waals surface area contributed by atoms with Gasteiger partial charge in [0.05, 0.1) is 6.61 Å². The summed E-state index contributed by atoms with van der Waals surface area (Å²) in [5.41, 5.74) is 5.49. The van der Waals surface area contributed by atoms with E-state index in [1.54, 1.807) is 0 Å². The van der Waals surface area contributed by atoms with Gasteiger partial charge in [0.2, 0.25) is 0 Å². The molecule has 0 radical (unpaired) electrons. The van der Waals surface area contributed by atoms with Crippen molar-refractivity contribution in [3.8, 4) is 0 Å². The Balaban J connectivity index is 1.90. The number of morpholine rings is 1. The summed E-state index contributed by atoms with van der Waals surface area (Å²) < 4.78 is 5.57. The summed E-state index contributed by atoms with van der Waals surface area (Å²) in [5.74, 6) is 0.205. The van der Waals surface area contributed by atoms with Crippen LogP contribution in [0.25, 0.3) is 0 Å². The van der Waals surface area contributed by atoms with Gasteiger partial charge in [-0.05, 0) is 32.2 Å². The lowest BCUT2D eigenvalue weighted by molar-refractivity contribution is -0.157. The molecule has 0 spiro atoms. The van der Waals surface area contributed by atoms with Crippen LogP contribution in [0.5, 0.6) is 0 Å². The summed E-state index contributed by atoms with van der Waals surface area (Å²) in [5, 5.41) is 0. The zero-order valence-corrected chi connectivity index (χ0v) is 10.6. The molecule has 1 saturated carbocycles. The van der Waals surface area contributed by atoms with E-state index < -0.39 is 0 Å². The molecule has 1 aliphatic carbocycles. The molecule has 17 heavy (non-hydrogen) atoms.